The van der Waals surface area contributed by atoms with Crippen LogP contribution in [0.25, 0.3) is 0 Å². The van der Waals surface area contributed by atoms with E-state index >= 15 is 0 Å². The van der Waals surface area contributed by atoms with Crippen LogP contribution in [-0.2, 0) is 33.6 Å². The Labute approximate surface area is 179 Å². The molecule has 0 radical (unpaired) electrons. The molecule has 2 aromatic rings. The molecule has 0 saturated heterocycles. The van der Waals surface area contributed by atoms with Crippen LogP contribution in [0.3, 0.4) is 0 Å². The van der Waals surface area contributed by atoms with Crippen molar-refractivity contribution in [2.45, 2.75) is 43.0 Å². The standard InChI is InChI=1S/C22H22N2O5S/c25-15-7-4-12(5-8-15)10-18(30)20(26)23-16-9-6-13-2-1-3-14-11-17(22(28)29)24(19(13)14)21(16)27/h1-5,7-8,16-18,25,30H,6,9-11H2,(H,23,26)(H,28,29)/t16?,17-,18-/m0/s1. The minimum Gasteiger partial charge on any atom is -0.508 e. The number of carbonyl (C=O) groups excluding carboxylic acids is 2. The number of benzene rings is 2. The first-order chi connectivity index (χ1) is 14.3. The number of amides is 2. The lowest BCUT2D eigenvalue weighted by atomic mass is 10.0. The van der Waals surface area contributed by atoms with Crippen LogP contribution < -0.4 is 10.2 Å². The number of phenolic OH excluding ortho intramolecular Hbond substituents is 1. The lowest BCUT2D eigenvalue weighted by Crippen LogP contribution is -2.53. The number of carboxylic acid groups (broad SMARTS) is 1. The number of para-hydroxylation sites is 1. The third-order valence-electron chi connectivity index (χ3n) is 5.68. The molecular weight excluding hydrogens is 404 g/mol. The van der Waals surface area contributed by atoms with E-state index in [1.165, 1.54) is 17.0 Å². The van der Waals surface area contributed by atoms with E-state index in [0.29, 0.717) is 24.9 Å². The number of aryl methyl sites for hydroxylation is 1. The highest BCUT2D eigenvalue weighted by Crippen LogP contribution is 2.39. The Bertz CT molecular complexity index is 1010. The summed E-state index contributed by atoms with van der Waals surface area (Å²) in [5, 5.41) is 21.1. The number of aliphatic carboxylic acids is 1. The second kappa shape index (κ2) is 8.02. The van der Waals surface area contributed by atoms with Crippen molar-refractivity contribution in [1.29, 1.82) is 0 Å². The highest BCUT2D eigenvalue weighted by atomic mass is 32.1. The molecule has 2 aromatic carbocycles. The number of aromatic hydroxyl groups is 1. The fraction of sp³-hybridized carbons (Fsp3) is 0.318. The first-order valence-corrected chi connectivity index (χ1v) is 10.3. The van der Waals surface area contributed by atoms with Gasteiger partial charge in [0, 0.05) is 6.42 Å². The number of anilines is 1. The van der Waals surface area contributed by atoms with Crippen LogP contribution in [0.15, 0.2) is 42.5 Å². The molecule has 3 N–H and O–H groups in total. The second-order valence-corrected chi connectivity index (χ2v) is 8.30. The van der Waals surface area contributed by atoms with Crippen LogP contribution >= 0.6 is 12.6 Å². The third kappa shape index (κ3) is 3.75. The van der Waals surface area contributed by atoms with E-state index in [9.17, 15) is 24.6 Å². The van der Waals surface area contributed by atoms with Crippen molar-refractivity contribution in [1.82, 2.24) is 5.32 Å². The van der Waals surface area contributed by atoms with Gasteiger partial charge in [0.25, 0.3) is 0 Å². The second-order valence-electron chi connectivity index (χ2n) is 7.68. The molecular formula is C22H22N2O5S. The highest BCUT2D eigenvalue weighted by Gasteiger charge is 2.44. The van der Waals surface area contributed by atoms with Gasteiger partial charge in [-0.15, -0.1) is 0 Å². The molecule has 7 nitrogen and oxygen atoms in total. The molecule has 2 aliphatic rings. The number of nitrogens with one attached hydrogen (secondary N) is 1. The van der Waals surface area contributed by atoms with Gasteiger partial charge < -0.3 is 15.5 Å². The van der Waals surface area contributed by atoms with E-state index in [4.69, 9.17) is 0 Å². The lowest BCUT2D eigenvalue weighted by molar-refractivity contribution is -0.140. The molecule has 0 aliphatic carbocycles. The molecule has 8 heteroatoms. The molecule has 30 heavy (non-hydrogen) atoms. The SMILES string of the molecule is O=C(NC1CCc2cccc3c2N(C1=O)[C@H](C(=O)O)C3)[C@@H](S)Cc1ccc(O)cc1. The minimum absolute atomic E-state index is 0.139. The number of carbonyl (C=O) groups is 3. The van der Waals surface area contributed by atoms with Crippen molar-refractivity contribution < 1.29 is 24.6 Å². The van der Waals surface area contributed by atoms with E-state index < -0.39 is 29.2 Å². The Balaban J connectivity index is 1.51. The summed E-state index contributed by atoms with van der Waals surface area (Å²) >= 11 is 4.38. The lowest BCUT2D eigenvalue weighted by Gasteiger charge is -2.26. The molecule has 2 aliphatic heterocycles. The predicted molar refractivity (Wildman–Crippen MR) is 114 cm³/mol. The van der Waals surface area contributed by atoms with Crippen LogP contribution in [0.5, 0.6) is 5.75 Å². The molecule has 0 fully saturated rings. The molecule has 2 heterocycles. The summed E-state index contributed by atoms with van der Waals surface area (Å²) < 4.78 is 0. The third-order valence-corrected chi connectivity index (χ3v) is 6.09. The molecule has 2 amide bonds. The minimum atomic E-state index is -1.06. The fourth-order valence-electron chi connectivity index (χ4n) is 4.18. The Hall–Kier alpha value is -3.00. The normalized spacial score (nSPS) is 21.0. The molecule has 4 rings (SSSR count). The van der Waals surface area contributed by atoms with Gasteiger partial charge in [-0.25, -0.2) is 4.79 Å². The van der Waals surface area contributed by atoms with Gasteiger partial charge in [0.05, 0.1) is 10.9 Å². The van der Waals surface area contributed by atoms with E-state index in [1.807, 2.05) is 18.2 Å². The Morgan fingerprint density at radius 1 is 1.17 bits per heavy atom. The predicted octanol–water partition coefficient (Wildman–Crippen LogP) is 1.71. The number of carboxylic acids is 1. The van der Waals surface area contributed by atoms with Crippen molar-refractivity contribution in [3.05, 3.63) is 59.2 Å². The first-order valence-electron chi connectivity index (χ1n) is 9.78. The highest BCUT2D eigenvalue weighted by molar-refractivity contribution is 7.81. The zero-order chi connectivity index (χ0) is 21.4. The summed E-state index contributed by atoms with van der Waals surface area (Å²) in [5.41, 5.74) is 3.28. The van der Waals surface area contributed by atoms with Crippen molar-refractivity contribution in [3.8, 4) is 5.75 Å². The average molecular weight is 426 g/mol. The summed E-state index contributed by atoms with van der Waals surface area (Å²) in [5.74, 6) is -1.70. The van der Waals surface area contributed by atoms with E-state index in [-0.39, 0.29) is 18.1 Å². The smallest absolute Gasteiger partial charge is 0.327 e. The summed E-state index contributed by atoms with van der Waals surface area (Å²) in [6, 6.07) is 10.4. The summed E-state index contributed by atoms with van der Waals surface area (Å²) in [6.45, 7) is 0. The Morgan fingerprint density at radius 2 is 1.87 bits per heavy atom. The van der Waals surface area contributed by atoms with Crippen molar-refractivity contribution >= 4 is 36.1 Å². The van der Waals surface area contributed by atoms with Crippen molar-refractivity contribution in [2.24, 2.45) is 0 Å². The molecule has 3 atom stereocenters. The van der Waals surface area contributed by atoms with Crippen LogP contribution in [-0.4, -0.2) is 45.3 Å². The molecule has 0 saturated carbocycles. The molecule has 0 spiro atoms. The van der Waals surface area contributed by atoms with Gasteiger partial charge >= 0.3 is 5.97 Å². The zero-order valence-corrected chi connectivity index (χ0v) is 17.0. The number of thiol groups is 1. The van der Waals surface area contributed by atoms with Gasteiger partial charge in [-0.1, -0.05) is 30.3 Å². The van der Waals surface area contributed by atoms with Gasteiger partial charge in [-0.3, -0.25) is 14.5 Å². The summed E-state index contributed by atoms with van der Waals surface area (Å²) in [4.78, 5) is 39.1. The number of phenols is 1. The van der Waals surface area contributed by atoms with E-state index in [2.05, 4.69) is 17.9 Å². The van der Waals surface area contributed by atoms with E-state index in [1.54, 1.807) is 12.1 Å². The van der Waals surface area contributed by atoms with Crippen molar-refractivity contribution in [3.63, 3.8) is 0 Å². The van der Waals surface area contributed by atoms with Crippen LogP contribution in [0.1, 0.15) is 23.1 Å². The number of rotatable bonds is 5. The topological polar surface area (TPSA) is 107 Å². The van der Waals surface area contributed by atoms with Crippen LogP contribution in [0, 0.1) is 0 Å². The number of nitrogens with zero attached hydrogens (tertiary/aromatic N) is 1. The van der Waals surface area contributed by atoms with Gasteiger partial charge in [0.2, 0.25) is 11.8 Å². The maximum absolute atomic E-state index is 13.2. The molecule has 0 bridgehead atoms. The maximum Gasteiger partial charge on any atom is 0.327 e. The quantitative estimate of drug-likeness (QED) is 0.545. The van der Waals surface area contributed by atoms with E-state index in [0.717, 1.165) is 16.7 Å². The van der Waals surface area contributed by atoms with Gasteiger partial charge in [0.1, 0.15) is 17.8 Å². The zero-order valence-electron chi connectivity index (χ0n) is 16.1. The molecule has 156 valence electrons. The maximum atomic E-state index is 13.2. The molecule has 0 aromatic heterocycles. The summed E-state index contributed by atoms with van der Waals surface area (Å²) in [6.07, 6.45) is 1.56. The summed E-state index contributed by atoms with van der Waals surface area (Å²) in [7, 11) is 0. The average Bonchev–Trinajstić information content (AvgIpc) is 3.06. The number of hydrogen-bond donors (Lipinski definition) is 4. The number of hydrogen-bond acceptors (Lipinski definition) is 5. The fourth-order valence-corrected chi connectivity index (χ4v) is 4.46. The van der Waals surface area contributed by atoms with Crippen LogP contribution in [0.2, 0.25) is 0 Å². The largest absolute Gasteiger partial charge is 0.508 e. The Kier molecular flexibility index (Phi) is 5.42. The Morgan fingerprint density at radius 3 is 2.57 bits per heavy atom. The van der Waals surface area contributed by atoms with Crippen molar-refractivity contribution in [2.75, 3.05) is 4.90 Å². The van der Waals surface area contributed by atoms with Gasteiger partial charge in [0.15, 0.2) is 0 Å². The van der Waals surface area contributed by atoms with Gasteiger partial charge in [-0.05, 0) is 48.1 Å². The van der Waals surface area contributed by atoms with Gasteiger partial charge in [-0.2, -0.15) is 12.6 Å². The van der Waals surface area contributed by atoms with Crippen LogP contribution in [0.4, 0.5) is 5.69 Å². The first kappa shape index (κ1) is 20.3. The monoisotopic (exact) mass is 426 g/mol. The molecule has 1 unspecified atom stereocenters.